The van der Waals surface area contributed by atoms with Gasteiger partial charge in [0.05, 0.1) is 0 Å². The lowest BCUT2D eigenvalue weighted by atomic mass is 10.2. The number of hydrazine groups is 1. The Morgan fingerprint density at radius 3 is 2.65 bits per heavy atom. The summed E-state index contributed by atoms with van der Waals surface area (Å²) < 4.78 is 14.2. The molecule has 0 aromatic heterocycles. The van der Waals surface area contributed by atoms with E-state index < -0.39 is 17.6 Å². The van der Waals surface area contributed by atoms with Crippen molar-refractivity contribution >= 4 is 45.4 Å². The van der Waals surface area contributed by atoms with E-state index in [1.54, 1.807) is 24.3 Å². The predicted molar refractivity (Wildman–Crippen MR) is 90.2 cm³/mol. The molecule has 7 heteroatoms. The molecule has 0 aliphatic heterocycles. The fourth-order valence-corrected chi connectivity index (χ4v) is 2.24. The number of rotatable bonds is 3. The van der Waals surface area contributed by atoms with Crippen LogP contribution in [-0.4, -0.2) is 11.8 Å². The fraction of sp³-hybridized carbons (Fsp3) is 0. The van der Waals surface area contributed by atoms with Gasteiger partial charge in [-0.2, -0.15) is 0 Å². The summed E-state index contributed by atoms with van der Waals surface area (Å²) >= 11 is 8.99. The van der Waals surface area contributed by atoms with E-state index in [0.29, 0.717) is 15.1 Å². The SMILES string of the molecule is O=C(/C=C/c1cc(Br)ccc1F)NNC(=O)c1cccc(Cl)c1. The first-order valence-corrected chi connectivity index (χ1v) is 7.62. The second kappa shape index (κ2) is 7.89. The zero-order valence-corrected chi connectivity index (χ0v) is 14.0. The molecule has 0 heterocycles. The van der Waals surface area contributed by atoms with E-state index in [2.05, 4.69) is 26.8 Å². The van der Waals surface area contributed by atoms with Gasteiger partial charge in [0, 0.05) is 26.7 Å². The van der Waals surface area contributed by atoms with Gasteiger partial charge in [0.2, 0.25) is 0 Å². The standard InChI is InChI=1S/C16H11BrClFN2O2/c17-12-5-6-14(19)10(8-12)4-7-15(22)20-21-16(23)11-2-1-3-13(18)9-11/h1-9H,(H,20,22)(H,21,23)/b7-4+. The number of amides is 2. The van der Waals surface area contributed by atoms with E-state index in [9.17, 15) is 14.0 Å². The molecule has 2 amide bonds. The second-order valence-corrected chi connectivity index (χ2v) is 5.81. The van der Waals surface area contributed by atoms with Crippen molar-refractivity contribution in [1.82, 2.24) is 10.9 Å². The van der Waals surface area contributed by atoms with E-state index in [-0.39, 0.29) is 5.56 Å². The van der Waals surface area contributed by atoms with Gasteiger partial charge in [-0.3, -0.25) is 20.4 Å². The van der Waals surface area contributed by atoms with Gasteiger partial charge in [0.25, 0.3) is 11.8 Å². The Morgan fingerprint density at radius 1 is 1.13 bits per heavy atom. The van der Waals surface area contributed by atoms with E-state index >= 15 is 0 Å². The smallest absolute Gasteiger partial charge is 0.268 e. The largest absolute Gasteiger partial charge is 0.269 e. The summed E-state index contributed by atoms with van der Waals surface area (Å²) in [5, 5.41) is 0.411. The van der Waals surface area contributed by atoms with Crippen molar-refractivity contribution < 1.29 is 14.0 Å². The van der Waals surface area contributed by atoms with Gasteiger partial charge in [-0.15, -0.1) is 0 Å². The Kier molecular flexibility index (Phi) is 5.90. The highest BCUT2D eigenvalue weighted by atomic mass is 79.9. The maximum absolute atomic E-state index is 13.5. The van der Waals surface area contributed by atoms with Gasteiger partial charge in [-0.05, 0) is 42.5 Å². The Hall–Kier alpha value is -2.18. The van der Waals surface area contributed by atoms with Crippen molar-refractivity contribution in [3.63, 3.8) is 0 Å². The summed E-state index contributed by atoms with van der Waals surface area (Å²) in [5.74, 6) is -1.57. The monoisotopic (exact) mass is 396 g/mol. The Morgan fingerprint density at radius 2 is 1.91 bits per heavy atom. The number of hydrogen-bond donors (Lipinski definition) is 2. The van der Waals surface area contributed by atoms with Crippen molar-refractivity contribution in [2.75, 3.05) is 0 Å². The van der Waals surface area contributed by atoms with Crippen LogP contribution in [0.4, 0.5) is 4.39 Å². The summed E-state index contributed by atoms with van der Waals surface area (Å²) in [5.41, 5.74) is 4.99. The molecule has 0 unspecified atom stereocenters. The van der Waals surface area contributed by atoms with Gasteiger partial charge in [-0.25, -0.2) is 4.39 Å². The van der Waals surface area contributed by atoms with Crippen LogP contribution < -0.4 is 10.9 Å². The number of nitrogens with one attached hydrogen (secondary N) is 2. The molecule has 0 spiro atoms. The zero-order valence-electron chi connectivity index (χ0n) is 11.6. The summed E-state index contributed by atoms with van der Waals surface area (Å²) in [6, 6.07) is 10.6. The van der Waals surface area contributed by atoms with Crippen LogP contribution in [0.15, 0.2) is 53.0 Å². The highest BCUT2D eigenvalue weighted by Crippen LogP contribution is 2.16. The highest BCUT2D eigenvalue weighted by molar-refractivity contribution is 9.10. The molecule has 23 heavy (non-hydrogen) atoms. The average Bonchev–Trinajstić information content (AvgIpc) is 2.53. The highest BCUT2D eigenvalue weighted by Gasteiger charge is 2.06. The summed E-state index contributed by atoms with van der Waals surface area (Å²) in [4.78, 5) is 23.4. The van der Waals surface area contributed by atoms with Crippen LogP contribution in [0, 0.1) is 5.82 Å². The minimum Gasteiger partial charge on any atom is -0.268 e. The summed E-state index contributed by atoms with van der Waals surface area (Å²) in [6.45, 7) is 0. The molecule has 2 rings (SSSR count). The lowest BCUT2D eigenvalue weighted by Crippen LogP contribution is -2.40. The molecule has 4 nitrogen and oxygen atoms in total. The second-order valence-electron chi connectivity index (χ2n) is 4.45. The number of hydrogen-bond acceptors (Lipinski definition) is 2. The maximum atomic E-state index is 13.5. The van der Waals surface area contributed by atoms with Crippen LogP contribution >= 0.6 is 27.5 Å². The molecule has 118 valence electrons. The number of carbonyl (C=O) groups is 2. The first kappa shape index (κ1) is 17.2. The van der Waals surface area contributed by atoms with Gasteiger partial charge in [0.1, 0.15) is 5.82 Å². The molecule has 0 saturated heterocycles. The fourth-order valence-electron chi connectivity index (χ4n) is 1.67. The first-order valence-electron chi connectivity index (χ1n) is 6.45. The van der Waals surface area contributed by atoms with Crippen LogP contribution in [0.1, 0.15) is 15.9 Å². The van der Waals surface area contributed by atoms with Crippen molar-refractivity contribution in [2.24, 2.45) is 0 Å². The third-order valence-corrected chi connectivity index (χ3v) is 3.49. The predicted octanol–water partition coefficient (Wildman–Crippen LogP) is 3.72. The van der Waals surface area contributed by atoms with Crippen LogP contribution in [0.25, 0.3) is 6.08 Å². The molecule has 2 aromatic carbocycles. The van der Waals surface area contributed by atoms with Crippen molar-refractivity contribution in [3.8, 4) is 0 Å². The minimum atomic E-state index is -0.597. The molecular weight excluding hydrogens is 387 g/mol. The normalized spacial score (nSPS) is 10.6. The molecule has 2 N–H and O–H groups in total. The quantitative estimate of drug-likeness (QED) is 0.613. The third-order valence-electron chi connectivity index (χ3n) is 2.76. The topological polar surface area (TPSA) is 58.2 Å². The molecule has 0 atom stereocenters. The number of carbonyl (C=O) groups excluding carboxylic acids is 2. The molecule has 0 aliphatic rings. The lowest BCUT2D eigenvalue weighted by Gasteiger charge is -2.05. The lowest BCUT2D eigenvalue weighted by molar-refractivity contribution is -0.117. The number of halogens is 3. The van der Waals surface area contributed by atoms with Crippen LogP contribution in [0.3, 0.4) is 0 Å². The Bertz CT molecular complexity index is 780. The van der Waals surface area contributed by atoms with Crippen LogP contribution in [-0.2, 0) is 4.79 Å². The molecule has 0 radical (unpaired) electrons. The van der Waals surface area contributed by atoms with Crippen LogP contribution in [0.2, 0.25) is 5.02 Å². The first-order chi connectivity index (χ1) is 11.0. The van der Waals surface area contributed by atoms with E-state index in [0.717, 1.165) is 6.08 Å². The van der Waals surface area contributed by atoms with Gasteiger partial charge >= 0.3 is 0 Å². The van der Waals surface area contributed by atoms with E-state index in [4.69, 9.17) is 11.6 Å². The molecule has 2 aromatic rings. The average molecular weight is 398 g/mol. The van der Waals surface area contributed by atoms with Crippen molar-refractivity contribution in [2.45, 2.75) is 0 Å². The van der Waals surface area contributed by atoms with Gasteiger partial charge in [-0.1, -0.05) is 33.6 Å². The zero-order chi connectivity index (χ0) is 16.8. The van der Waals surface area contributed by atoms with E-state index in [1.807, 2.05) is 0 Å². The Labute approximate surface area is 145 Å². The van der Waals surface area contributed by atoms with Crippen molar-refractivity contribution in [1.29, 1.82) is 0 Å². The summed E-state index contributed by atoms with van der Waals surface area (Å²) in [6.07, 6.45) is 2.42. The molecule has 0 fully saturated rings. The van der Waals surface area contributed by atoms with Gasteiger partial charge < -0.3 is 0 Å². The molecule has 0 bridgehead atoms. The molecular formula is C16H11BrClFN2O2. The van der Waals surface area contributed by atoms with E-state index in [1.165, 1.54) is 24.3 Å². The minimum absolute atomic E-state index is 0.246. The van der Waals surface area contributed by atoms with Gasteiger partial charge in [0.15, 0.2) is 0 Å². The Balaban J connectivity index is 1.93. The van der Waals surface area contributed by atoms with Crippen LogP contribution in [0.5, 0.6) is 0 Å². The third kappa shape index (κ3) is 5.19. The maximum Gasteiger partial charge on any atom is 0.269 e. The summed E-state index contributed by atoms with van der Waals surface area (Å²) in [7, 11) is 0. The van der Waals surface area contributed by atoms with Crippen molar-refractivity contribution in [3.05, 3.63) is 75.0 Å². The molecule has 0 aliphatic carbocycles. The number of benzene rings is 2. The molecule has 0 saturated carbocycles.